The van der Waals surface area contributed by atoms with Crippen molar-refractivity contribution in [1.82, 2.24) is 10.2 Å². The Hall–Kier alpha value is -1.88. The molecule has 1 N–H and O–H groups in total. The molecule has 1 atom stereocenters. The molecule has 0 radical (unpaired) electrons. The van der Waals surface area contributed by atoms with E-state index >= 15 is 0 Å². The Morgan fingerprint density at radius 2 is 1.92 bits per heavy atom. The fourth-order valence-corrected chi connectivity index (χ4v) is 3.43. The minimum atomic E-state index is -0.270. The van der Waals surface area contributed by atoms with Crippen LogP contribution in [0.4, 0.5) is 5.69 Å². The van der Waals surface area contributed by atoms with Gasteiger partial charge in [-0.3, -0.25) is 9.59 Å². The van der Waals surface area contributed by atoms with Crippen LogP contribution in [-0.2, 0) is 16.0 Å². The minimum Gasteiger partial charge on any atom is -0.355 e. The van der Waals surface area contributed by atoms with Crippen molar-refractivity contribution in [2.75, 3.05) is 38.6 Å². The first-order chi connectivity index (χ1) is 11.7. The third kappa shape index (κ3) is 5.30. The first kappa shape index (κ1) is 19.4. The lowest BCUT2D eigenvalue weighted by molar-refractivity contribution is -0.126. The van der Waals surface area contributed by atoms with E-state index in [1.807, 2.05) is 38.4 Å². The van der Waals surface area contributed by atoms with Crippen molar-refractivity contribution < 1.29 is 9.59 Å². The number of carbonyl (C=O) groups is 2. The normalized spacial score (nSPS) is 18.1. The van der Waals surface area contributed by atoms with Crippen LogP contribution in [0, 0.1) is 11.3 Å². The standard InChI is InChI=1S/C20H31N3O2/c1-6-15-7-9-17(10-8-15)23-12-16(11-18(23)24)19(25)21-13-20(2,3)14-22(4)5/h7-10,16H,6,11-14H2,1-5H3,(H,21,25)/t16-/m1/s1. The number of amides is 2. The third-order valence-electron chi connectivity index (χ3n) is 4.64. The lowest BCUT2D eigenvalue weighted by atomic mass is 9.92. The molecule has 0 saturated carbocycles. The van der Waals surface area contributed by atoms with Gasteiger partial charge in [0, 0.05) is 31.7 Å². The smallest absolute Gasteiger partial charge is 0.227 e. The summed E-state index contributed by atoms with van der Waals surface area (Å²) in [7, 11) is 4.06. The topological polar surface area (TPSA) is 52.7 Å². The van der Waals surface area contributed by atoms with E-state index in [0.717, 1.165) is 18.7 Å². The van der Waals surface area contributed by atoms with Gasteiger partial charge < -0.3 is 15.1 Å². The summed E-state index contributed by atoms with van der Waals surface area (Å²) < 4.78 is 0. The molecule has 0 spiro atoms. The van der Waals surface area contributed by atoms with Crippen LogP contribution in [0.25, 0.3) is 0 Å². The summed E-state index contributed by atoms with van der Waals surface area (Å²) in [4.78, 5) is 28.7. The molecular weight excluding hydrogens is 314 g/mol. The molecule has 138 valence electrons. The predicted molar refractivity (Wildman–Crippen MR) is 102 cm³/mol. The SMILES string of the molecule is CCc1ccc(N2C[C@H](C(=O)NCC(C)(C)CN(C)C)CC2=O)cc1. The highest BCUT2D eigenvalue weighted by atomic mass is 16.2. The molecule has 0 aliphatic carbocycles. The molecule has 25 heavy (non-hydrogen) atoms. The Labute approximate surface area is 151 Å². The molecule has 5 heteroatoms. The van der Waals surface area contributed by atoms with Crippen molar-refractivity contribution in [3.8, 4) is 0 Å². The lowest BCUT2D eigenvalue weighted by Gasteiger charge is -2.29. The summed E-state index contributed by atoms with van der Waals surface area (Å²) in [6.45, 7) is 8.34. The van der Waals surface area contributed by atoms with Crippen molar-refractivity contribution in [3.05, 3.63) is 29.8 Å². The quantitative estimate of drug-likeness (QED) is 0.825. The maximum absolute atomic E-state index is 12.5. The molecule has 1 aromatic carbocycles. The van der Waals surface area contributed by atoms with Crippen LogP contribution in [0.15, 0.2) is 24.3 Å². The van der Waals surface area contributed by atoms with Crippen LogP contribution in [-0.4, -0.2) is 50.4 Å². The molecule has 1 saturated heterocycles. The van der Waals surface area contributed by atoms with Gasteiger partial charge in [0.25, 0.3) is 0 Å². The number of rotatable bonds is 7. The fraction of sp³-hybridized carbons (Fsp3) is 0.600. The van der Waals surface area contributed by atoms with Gasteiger partial charge in [0.05, 0.1) is 5.92 Å². The number of hydrogen-bond donors (Lipinski definition) is 1. The highest BCUT2D eigenvalue weighted by Gasteiger charge is 2.35. The Morgan fingerprint density at radius 1 is 1.28 bits per heavy atom. The molecule has 2 rings (SSSR count). The molecular formula is C20H31N3O2. The second kappa shape index (κ2) is 8.00. The average Bonchev–Trinajstić information content (AvgIpc) is 2.93. The van der Waals surface area contributed by atoms with Crippen molar-refractivity contribution in [2.45, 2.75) is 33.6 Å². The fourth-order valence-electron chi connectivity index (χ4n) is 3.43. The molecule has 1 heterocycles. The van der Waals surface area contributed by atoms with E-state index in [1.165, 1.54) is 5.56 Å². The second-order valence-corrected chi connectivity index (χ2v) is 8.05. The van der Waals surface area contributed by atoms with Gasteiger partial charge in [0.15, 0.2) is 0 Å². The first-order valence-electron chi connectivity index (χ1n) is 9.03. The third-order valence-corrected chi connectivity index (χ3v) is 4.64. The van der Waals surface area contributed by atoms with Crippen LogP contribution in [0.3, 0.4) is 0 Å². The molecule has 0 aromatic heterocycles. The summed E-state index contributed by atoms with van der Waals surface area (Å²) >= 11 is 0. The molecule has 1 aliphatic heterocycles. The van der Waals surface area contributed by atoms with E-state index in [1.54, 1.807) is 4.90 Å². The first-order valence-corrected chi connectivity index (χ1v) is 9.03. The molecule has 5 nitrogen and oxygen atoms in total. The van der Waals surface area contributed by atoms with Crippen molar-refractivity contribution >= 4 is 17.5 Å². The van der Waals surface area contributed by atoms with E-state index in [-0.39, 0.29) is 29.6 Å². The summed E-state index contributed by atoms with van der Waals surface area (Å²) in [6.07, 6.45) is 1.26. The number of carbonyl (C=O) groups excluding carboxylic acids is 2. The van der Waals surface area contributed by atoms with Crippen LogP contribution >= 0.6 is 0 Å². The van der Waals surface area contributed by atoms with Crippen LogP contribution in [0.2, 0.25) is 0 Å². The lowest BCUT2D eigenvalue weighted by Crippen LogP contribution is -2.42. The van der Waals surface area contributed by atoms with Crippen LogP contribution in [0.1, 0.15) is 32.8 Å². The van der Waals surface area contributed by atoms with E-state index < -0.39 is 0 Å². The molecule has 1 fully saturated rings. The zero-order valence-corrected chi connectivity index (χ0v) is 16.1. The molecule has 0 unspecified atom stereocenters. The Kier molecular flexibility index (Phi) is 6.22. The predicted octanol–water partition coefficient (Wildman–Crippen LogP) is 2.31. The van der Waals surface area contributed by atoms with Crippen molar-refractivity contribution in [3.63, 3.8) is 0 Å². The number of aryl methyl sites for hydroxylation is 1. The Balaban J connectivity index is 1.93. The van der Waals surface area contributed by atoms with Crippen LogP contribution < -0.4 is 10.2 Å². The average molecular weight is 345 g/mol. The van der Waals surface area contributed by atoms with Gasteiger partial charge in [-0.2, -0.15) is 0 Å². The van der Waals surface area contributed by atoms with E-state index in [9.17, 15) is 9.59 Å². The highest BCUT2D eigenvalue weighted by Crippen LogP contribution is 2.26. The van der Waals surface area contributed by atoms with E-state index in [4.69, 9.17) is 0 Å². The number of hydrogen-bond acceptors (Lipinski definition) is 3. The summed E-state index contributed by atoms with van der Waals surface area (Å²) in [5, 5.41) is 3.04. The number of anilines is 1. The van der Waals surface area contributed by atoms with Crippen molar-refractivity contribution in [1.29, 1.82) is 0 Å². The summed E-state index contributed by atoms with van der Waals surface area (Å²) in [6, 6.07) is 8.02. The zero-order chi connectivity index (χ0) is 18.6. The van der Waals surface area contributed by atoms with Gasteiger partial charge in [-0.15, -0.1) is 0 Å². The van der Waals surface area contributed by atoms with E-state index in [0.29, 0.717) is 13.1 Å². The largest absolute Gasteiger partial charge is 0.355 e. The zero-order valence-electron chi connectivity index (χ0n) is 16.1. The van der Waals surface area contributed by atoms with Gasteiger partial charge in [0.2, 0.25) is 11.8 Å². The van der Waals surface area contributed by atoms with Gasteiger partial charge >= 0.3 is 0 Å². The van der Waals surface area contributed by atoms with Crippen molar-refractivity contribution in [2.24, 2.45) is 11.3 Å². The number of nitrogens with zero attached hydrogens (tertiary/aromatic N) is 2. The molecule has 1 aromatic rings. The Morgan fingerprint density at radius 3 is 2.48 bits per heavy atom. The number of benzene rings is 1. The van der Waals surface area contributed by atoms with Gasteiger partial charge in [0.1, 0.15) is 0 Å². The monoisotopic (exact) mass is 345 g/mol. The molecule has 1 aliphatic rings. The van der Waals surface area contributed by atoms with Gasteiger partial charge in [-0.25, -0.2) is 0 Å². The highest BCUT2D eigenvalue weighted by molar-refractivity contribution is 6.00. The minimum absolute atomic E-state index is 0.00254. The molecule has 0 bridgehead atoms. The maximum Gasteiger partial charge on any atom is 0.227 e. The molecule has 2 amide bonds. The van der Waals surface area contributed by atoms with E-state index in [2.05, 4.69) is 31.0 Å². The Bertz CT molecular complexity index is 608. The second-order valence-electron chi connectivity index (χ2n) is 8.05. The van der Waals surface area contributed by atoms with Crippen LogP contribution in [0.5, 0.6) is 0 Å². The van der Waals surface area contributed by atoms with Gasteiger partial charge in [-0.05, 0) is 43.6 Å². The summed E-state index contributed by atoms with van der Waals surface area (Å²) in [5.41, 5.74) is 2.12. The van der Waals surface area contributed by atoms with Gasteiger partial charge in [-0.1, -0.05) is 32.9 Å². The maximum atomic E-state index is 12.5. The summed E-state index contributed by atoms with van der Waals surface area (Å²) in [5.74, 6) is -0.265. The number of nitrogens with one attached hydrogen (secondary N) is 1.